The highest BCUT2D eigenvalue weighted by Crippen LogP contribution is 2.39. The van der Waals surface area contributed by atoms with Crippen LogP contribution in [0.1, 0.15) is 18.2 Å². The Bertz CT molecular complexity index is 783. The summed E-state index contributed by atoms with van der Waals surface area (Å²) in [6.07, 6.45) is 2.53. The summed E-state index contributed by atoms with van der Waals surface area (Å²) in [5.74, 6) is 1.60. The Balaban J connectivity index is 2.29. The van der Waals surface area contributed by atoms with Crippen molar-refractivity contribution < 1.29 is 4.42 Å². The molecule has 0 amide bonds. The second-order valence-electron chi connectivity index (χ2n) is 5.16. The number of hydrogen-bond donors (Lipinski definition) is 1. The van der Waals surface area contributed by atoms with E-state index in [1.54, 1.807) is 10.9 Å². The molecule has 0 aliphatic carbocycles. The van der Waals surface area contributed by atoms with E-state index in [0.29, 0.717) is 5.82 Å². The van der Waals surface area contributed by atoms with E-state index < -0.39 is 0 Å². The van der Waals surface area contributed by atoms with Crippen LogP contribution in [-0.2, 0) is 13.5 Å². The highest BCUT2D eigenvalue weighted by molar-refractivity contribution is 5.89. The van der Waals surface area contributed by atoms with Gasteiger partial charge in [0.25, 0.3) is 0 Å². The fourth-order valence-electron chi connectivity index (χ4n) is 2.67. The minimum absolute atomic E-state index is 0.669. The van der Waals surface area contributed by atoms with Crippen LogP contribution in [0.2, 0.25) is 0 Å². The quantitative estimate of drug-likeness (QED) is 0.794. The van der Waals surface area contributed by atoms with Gasteiger partial charge in [-0.2, -0.15) is 5.10 Å². The second-order valence-corrected chi connectivity index (χ2v) is 5.16. The highest BCUT2D eigenvalue weighted by atomic mass is 16.3. The average Bonchev–Trinajstić information content (AvgIpc) is 3.05. The molecule has 4 heteroatoms. The van der Waals surface area contributed by atoms with Gasteiger partial charge in [0.2, 0.25) is 0 Å². The zero-order valence-corrected chi connectivity index (χ0v) is 12.6. The molecule has 0 radical (unpaired) electrons. The van der Waals surface area contributed by atoms with Crippen molar-refractivity contribution in [3.05, 3.63) is 47.9 Å². The van der Waals surface area contributed by atoms with Gasteiger partial charge in [-0.15, -0.1) is 0 Å². The minimum atomic E-state index is 0.669. The molecule has 2 heterocycles. The number of hydrogen-bond acceptors (Lipinski definition) is 3. The summed E-state index contributed by atoms with van der Waals surface area (Å²) in [7, 11) is 1.87. The minimum Gasteiger partial charge on any atom is -0.469 e. The molecular weight excluding hydrogens is 262 g/mol. The van der Waals surface area contributed by atoms with Gasteiger partial charge in [-0.05, 0) is 24.1 Å². The first-order valence-electron chi connectivity index (χ1n) is 7.08. The molecule has 2 aromatic heterocycles. The van der Waals surface area contributed by atoms with E-state index in [0.717, 1.165) is 34.6 Å². The van der Waals surface area contributed by atoms with Crippen LogP contribution in [-0.4, -0.2) is 9.78 Å². The average molecular weight is 281 g/mol. The number of nitrogen functional groups attached to an aromatic ring is 1. The molecule has 0 fully saturated rings. The van der Waals surface area contributed by atoms with Crippen molar-refractivity contribution in [3.8, 4) is 22.4 Å². The molecule has 3 rings (SSSR count). The number of furan rings is 1. The van der Waals surface area contributed by atoms with Gasteiger partial charge in [0.1, 0.15) is 17.3 Å². The Morgan fingerprint density at radius 1 is 1.19 bits per heavy atom. The maximum atomic E-state index is 6.27. The third kappa shape index (κ3) is 2.13. The van der Waals surface area contributed by atoms with Crippen LogP contribution >= 0.6 is 0 Å². The van der Waals surface area contributed by atoms with Crippen LogP contribution in [0.4, 0.5) is 5.82 Å². The summed E-state index contributed by atoms with van der Waals surface area (Å²) < 4.78 is 7.27. The molecular formula is C17H19N3O. The van der Waals surface area contributed by atoms with Gasteiger partial charge in [-0.25, -0.2) is 0 Å². The summed E-state index contributed by atoms with van der Waals surface area (Å²) in [4.78, 5) is 0. The molecule has 0 atom stereocenters. The van der Waals surface area contributed by atoms with Crippen molar-refractivity contribution in [1.82, 2.24) is 9.78 Å². The molecule has 2 N–H and O–H groups in total. The number of nitrogens with two attached hydrogens (primary N) is 1. The smallest absolute Gasteiger partial charge is 0.129 e. The van der Waals surface area contributed by atoms with Gasteiger partial charge >= 0.3 is 0 Å². The Labute approximate surface area is 124 Å². The van der Waals surface area contributed by atoms with Crippen molar-refractivity contribution in [2.75, 3.05) is 5.73 Å². The van der Waals surface area contributed by atoms with Gasteiger partial charge < -0.3 is 10.2 Å². The zero-order chi connectivity index (χ0) is 15.0. The number of anilines is 1. The van der Waals surface area contributed by atoms with Crippen LogP contribution in [0.5, 0.6) is 0 Å². The molecule has 0 spiro atoms. The van der Waals surface area contributed by atoms with Crippen LogP contribution in [0.3, 0.4) is 0 Å². The van der Waals surface area contributed by atoms with E-state index >= 15 is 0 Å². The summed E-state index contributed by atoms with van der Waals surface area (Å²) in [5, 5.41) is 4.61. The summed E-state index contributed by atoms with van der Waals surface area (Å²) >= 11 is 0. The molecule has 108 valence electrons. The molecule has 4 nitrogen and oxygen atoms in total. The molecule has 0 aliphatic heterocycles. The Morgan fingerprint density at radius 3 is 2.67 bits per heavy atom. The molecule has 0 bridgehead atoms. The number of benzene rings is 1. The maximum absolute atomic E-state index is 6.27. The SMILES string of the molecule is CCc1occc1-c1nn(C)c(N)c1-c1ccccc1C. The molecule has 0 aliphatic rings. The highest BCUT2D eigenvalue weighted by Gasteiger charge is 2.21. The lowest BCUT2D eigenvalue weighted by Gasteiger charge is -2.07. The van der Waals surface area contributed by atoms with E-state index in [2.05, 4.69) is 31.1 Å². The fraction of sp³-hybridized carbons (Fsp3) is 0.235. The van der Waals surface area contributed by atoms with Gasteiger partial charge in [0, 0.05) is 19.0 Å². The van der Waals surface area contributed by atoms with Crippen LogP contribution < -0.4 is 5.73 Å². The normalized spacial score (nSPS) is 11.0. The zero-order valence-electron chi connectivity index (χ0n) is 12.6. The molecule has 0 unspecified atom stereocenters. The van der Waals surface area contributed by atoms with E-state index in [1.165, 1.54) is 5.56 Å². The number of aryl methyl sites for hydroxylation is 3. The summed E-state index contributed by atoms with van der Waals surface area (Å²) in [5.41, 5.74) is 11.4. The van der Waals surface area contributed by atoms with E-state index in [-0.39, 0.29) is 0 Å². The topological polar surface area (TPSA) is 57.0 Å². The number of nitrogens with zero attached hydrogens (tertiary/aromatic N) is 2. The predicted molar refractivity (Wildman–Crippen MR) is 84.9 cm³/mol. The van der Waals surface area contributed by atoms with Crippen molar-refractivity contribution in [2.45, 2.75) is 20.3 Å². The van der Waals surface area contributed by atoms with E-state index in [4.69, 9.17) is 10.2 Å². The van der Waals surface area contributed by atoms with Crippen LogP contribution in [0, 0.1) is 6.92 Å². The lowest BCUT2D eigenvalue weighted by molar-refractivity contribution is 0.517. The first kappa shape index (κ1) is 13.5. The summed E-state index contributed by atoms with van der Waals surface area (Å²) in [6, 6.07) is 10.2. The van der Waals surface area contributed by atoms with E-state index in [1.807, 2.05) is 25.2 Å². The molecule has 0 saturated heterocycles. The third-order valence-corrected chi connectivity index (χ3v) is 3.83. The first-order chi connectivity index (χ1) is 10.1. The van der Waals surface area contributed by atoms with Crippen molar-refractivity contribution in [3.63, 3.8) is 0 Å². The largest absolute Gasteiger partial charge is 0.469 e. The van der Waals surface area contributed by atoms with Gasteiger partial charge in [-0.3, -0.25) is 4.68 Å². The molecule has 0 saturated carbocycles. The first-order valence-corrected chi connectivity index (χ1v) is 7.08. The van der Waals surface area contributed by atoms with Crippen molar-refractivity contribution in [2.24, 2.45) is 7.05 Å². The van der Waals surface area contributed by atoms with Crippen LogP contribution in [0.25, 0.3) is 22.4 Å². The Morgan fingerprint density at radius 2 is 1.95 bits per heavy atom. The van der Waals surface area contributed by atoms with Crippen molar-refractivity contribution in [1.29, 1.82) is 0 Å². The third-order valence-electron chi connectivity index (χ3n) is 3.83. The van der Waals surface area contributed by atoms with Crippen LogP contribution in [0.15, 0.2) is 41.0 Å². The van der Waals surface area contributed by atoms with Gasteiger partial charge in [0.05, 0.1) is 11.8 Å². The fourth-order valence-corrected chi connectivity index (χ4v) is 2.67. The Hall–Kier alpha value is -2.49. The number of aromatic nitrogens is 2. The maximum Gasteiger partial charge on any atom is 0.129 e. The lowest BCUT2D eigenvalue weighted by atomic mass is 9.97. The molecule has 3 aromatic rings. The predicted octanol–water partition coefficient (Wildman–Crippen LogP) is 3.80. The van der Waals surface area contributed by atoms with Gasteiger partial charge in [-0.1, -0.05) is 31.2 Å². The van der Waals surface area contributed by atoms with Crippen molar-refractivity contribution >= 4 is 5.82 Å². The lowest BCUT2D eigenvalue weighted by Crippen LogP contribution is -1.98. The molecule has 1 aromatic carbocycles. The standard InChI is InChI=1S/C17H19N3O/c1-4-14-13(9-10-21-14)16-15(17(18)20(3)19-16)12-8-6-5-7-11(12)2/h5-10H,4,18H2,1-3H3. The van der Waals surface area contributed by atoms with E-state index in [9.17, 15) is 0 Å². The monoisotopic (exact) mass is 281 g/mol. The summed E-state index contributed by atoms with van der Waals surface area (Å²) in [6.45, 7) is 4.16. The second kappa shape index (κ2) is 5.13. The molecule has 21 heavy (non-hydrogen) atoms. The number of rotatable bonds is 3. The Kier molecular flexibility index (Phi) is 3.29. The van der Waals surface area contributed by atoms with Gasteiger partial charge in [0.15, 0.2) is 0 Å².